The van der Waals surface area contributed by atoms with Crippen LogP contribution in [0.4, 0.5) is 0 Å². The van der Waals surface area contributed by atoms with Crippen molar-refractivity contribution < 1.29 is 0 Å². The van der Waals surface area contributed by atoms with Gasteiger partial charge in [0.05, 0.1) is 16.8 Å². The maximum Gasteiger partial charge on any atom is 0.160 e. The van der Waals surface area contributed by atoms with Crippen LogP contribution in [0.25, 0.3) is 56.2 Å². The molecule has 2 nitrogen and oxygen atoms in total. The van der Waals surface area contributed by atoms with Gasteiger partial charge in [0.1, 0.15) is 0 Å². The summed E-state index contributed by atoms with van der Waals surface area (Å²) < 4.78 is 0. The molecule has 2 heteroatoms. The van der Waals surface area contributed by atoms with Crippen molar-refractivity contribution >= 4 is 11.1 Å². The molecular formula is C53H40N2. The van der Waals surface area contributed by atoms with Gasteiger partial charge < -0.3 is 0 Å². The first-order valence-electron chi connectivity index (χ1n) is 19.3. The van der Waals surface area contributed by atoms with Gasteiger partial charge in [0, 0.05) is 22.6 Å². The summed E-state index contributed by atoms with van der Waals surface area (Å²) in [6.45, 7) is 4.38. The first kappa shape index (κ1) is 33.0. The van der Waals surface area contributed by atoms with Crippen LogP contribution >= 0.6 is 0 Å². The number of rotatable bonds is 5. The van der Waals surface area contributed by atoms with Crippen molar-refractivity contribution in [3.8, 4) is 45.0 Å². The highest BCUT2D eigenvalue weighted by molar-refractivity contribution is 6.00. The van der Waals surface area contributed by atoms with Crippen LogP contribution in [0.5, 0.6) is 0 Å². The Balaban J connectivity index is 1.01. The van der Waals surface area contributed by atoms with Crippen molar-refractivity contribution in [3.63, 3.8) is 0 Å². The third-order valence-electron chi connectivity index (χ3n) is 11.9. The minimum absolute atomic E-state index is 0.240. The van der Waals surface area contributed by atoms with E-state index in [1.165, 1.54) is 61.2 Å². The molecule has 0 bridgehead atoms. The summed E-state index contributed by atoms with van der Waals surface area (Å²) in [6, 6.07) is 56.9. The van der Waals surface area contributed by atoms with Crippen molar-refractivity contribution in [2.75, 3.05) is 0 Å². The lowest BCUT2D eigenvalue weighted by Crippen LogP contribution is -2.26. The lowest BCUT2D eigenvalue weighted by molar-refractivity contribution is 0.789. The van der Waals surface area contributed by atoms with E-state index in [-0.39, 0.29) is 11.3 Å². The fourth-order valence-corrected chi connectivity index (χ4v) is 9.50. The van der Waals surface area contributed by atoms with Gasteiger partial charge in [0.25, 0.3) is 0 Å². The fraction of sp³-hybridized carbons (Fsp3) is 0.0943. The number of hydrogen-bond donors (Lipinski definition) is 0. The fourth-order valence-electron chi connectivity index (χ4n) is 9.50. The second-order valence-corrected chi connectivity index (χ2v) is 14.7. The molecule has 0 saturated heterocycles. The molecular weight excluding hydrogens is 665 g/mol. The first-order chi connectivity index (χ1) is 27.2. The van der Waals surface area contributed by atoms with Crippen LogP contribution in [0.2, 0.25) is 0 Å². The molecule has 0 aliphatic heterocycles. The zero-order chi connectivity index (χ0) is 36.9. The normalized spacial score (nSPS) is 19.4. The van der Waals surface area contributed by atoms with Gasteiger partial charge in [-0.15, -0.1) is 0 Å². The van der Waals surface area contributed by atoms with E-state index < -0.39 is 0 Å². The number of hydrogen-bond acceptors (Lipinski definition) is 2. The molecule has 55 heavy (non-hydrogen) atoms. The Bertz CT molecular complexity index is 2670. The Morgan fingerprint density at radius 1 is 0.545 bits per heavy atom. The Labute approximate surface area is 323 Å². The van der Waals surface area contributed by atoms with Crippen molar-refractivity contribution in [2.24, 2.45) is 0 Å². The minimum atomic E-state index is -0.331. The number of benzene rings is 6. The molecule has 1 spiro atoms. The van der Waals surface area contributed by atoms with Gasteiger partial charge in [-0.25, -0.2) is 9.97 Å². The Morgan fingerprint density at radius 2 is 1.13 bits per heavy atom. The lowest BCUT2D eigenvalue weighted by atomic mass is 9.70. The summed E-state index contributed by atoms with van der Waals surface area (Å²) in [5.74, 6) is 0.966. The van der Waals surface area contributed by atoms with Gasteiger partial charge in [-0.2, -0.15) is 0 Å². The molecule has 1 heterocycles. The van der Waals surface area contributed by atoms with E-state index in [0.717, 1.165) is 40.3 Å². The van der Waals surface area contributed by atoms with Crippen LogP contribution in [-0.2, 0) is 5.41 Å². The summed E-state index contributed by atoms with van der Waals surface area (Å²) >= 11 is 0. The molecule has 6 aromatic carbocycles. The van der Waals surface area contributed by atoms with E-state index in [9.17, 15) is 0 Å². The van der Waals surface area contributed by atoms with Crippen LogP contribution in [0.1, 0.15) is 59.6 Å². The average Bonchev–Trinajstić information content (AvgIpc) is 3.73. The molecule has 262 valence electrons. The third-order valence-corrected chi connectivity index (χ3v) is 11.9. The zero-order valence-electron chi connectivity index (χ0n) is 31.1. The van der Waals surface area contributed by atoms with Gasteiger partial charge >= 0.3 is 0 Å². The van der Waals surface area contributed by atoms with Crippen LogP contribution in [-0.4, -0.2) is 9.97 Å². The van der Waals surface area contributed by atoms with E-state index in [1.807, 2.05) is 12.1 Å². The molecule has 0 N–H and O–H groups in total. The van der Waals surface area contributed by atoms with Gasteiger partial charge in [0.15, 0.2) is 5.82 Å². The standard InChI is InChI=1S/C53H40N2/c1-3-41-43-23-11-13-26-46(43)53(45(41)4-2)47-27-14-12-24-44(47)51-42(25-16-28-48(51)53)40-22-15-21-39(33-40)35-29-31-38(32-30-35)52-54-49(36-17-7-5-8-18-36)34-50(55-52)37-19-9-6-10-20-37/h3-32,34,40H,33H2,1-2H3/b41-3-,45-4+. The first-order valence-corrected chi connectivity index (χ1v) is 19.3. The maximum absolute atomic E-state index is 5.07. The Morgan fingerprint density at radius 3 is 1.78 bits per heavy atom. The number of allylic oxidation sites excluding steroid dienone is 8. The van der Waals surface area contributed by atoms with E-state index in [0.29, 0.717) is 0 Å². The largest absolute Gasteiger partial charge is 0.228 e. The predicted octanol–water partition coefficient (Wildman–Crippen LogP) is 13.3. The average molecular weight is 705 g/mol. The van der Waals surface area contributed by atoms with Crippen LogP contribution in [0, 0.1) is 0 Å². The van der Waals surface area contributed by atoms with E-state index in [2.05, 4.69) is 190 Å². The van der Waals surface area contributed by atoms with Crippen LogP contribution in [0.3, 0.4) is 0 Å². The number of fused-ring (bicyclic) bond motifs is 7. The van der Waals surface area contributed by atoms with E-state index in [1.54, 1.807) is 0 Å². The molecule has 7 aromatic rings. The van der Waals surface area contributed by atoms with Gasteiger partial charge in [-0.1, -0.05) is 182 Å². The molecule has 0 radical (unpaired) electrons. The van der Waals surface area contributed by atoms with Crippen molar-refractivity contribution in [3.05, 3.63) is 227 Å². The second kappa shape index (κ2) is 13.3. The highest BCUT2D eigenvalue weighted by Crippen LogP contribution is 2.64. The summed E-state index contributed by atoms with van der Waals surface area (Å²) in [5.41, 5.74) is 19.6. The predicted molar refractivity (Wildman–Crippen MR) is 228 cm³/mol. The summed E-state index contributed by atoms with van der Waals surface area (Å²) in [4.78, 5) is 10.1. The third kappa shape index (κ3) is 5.16. The van der Waals surface area contributed by atoms with Crippen molar-refractivity contribution in [1.29, 1.82) is 0 Å². The van der Waals surface area contributed by atoms with Gasteiger partial charge in [-0.3, -0.25) is 0 Å². The van der Waals surface area contributed by atoms with Crippen LogP contribution < -0.4 is 0 Å². The highest BCUT2D eigenvalue weighted by atomic mass is 14.9. The molecule has 0 amide bonds. The second-order valence-electron chi connectivity index (χ2n) is 14.7. The molecule has 2 unspecified atom stereocenters. The Kier molecular flexibility index (Phi) is 7.99. The summed E-state index contributed by atoms with van der Waals surface area (Å²) in [6.07, 6.45) is 12.5. The van der Waals surface area contributed by atoms with E-state index in [4.69, 9.17) is 9.97 Å². The highest BCUT2D eigenvalue weighted by Gasteiger charge is 2.53. The molecule has 2 atom stereocenters. The monoisotopic (exact) mass is 704 g/mol. The Hall–Kier alpha value is -6.64. The summed E-state index contributed by atoms with van der Waals surface area (Å²) in [7, 11) is 0. The topological polar surface area (TPSA) is 25.8 Å². The smallest absolute Gasteiger partial charge is 0.160 e. The molecule has 0 saturated carbocycles. The molecule has 0 fully saturated rings. The maximum atomic E-state index is 5.07. The zero-order valence-corrected chi connectivity index (χ0v) is 31.1. The van der Waals surface area contributed by atoms with Gasteiger partial charge in [-0.05, 0) is 87.6 Å². The number of nitrogens with zero attached hydrogens (tertiary/aromatic N) is 2. The molecule has 3 aliphatic carbocycles. The van der Waals surface area contributed by atoms with E-state index >= 15 is 0 Å². The van der Waals surface area contributed by atoms with Gasteiger partial charge in [0.2, 0.25) is 0 Å². The SMILES string of the molecule is C/C=C1\C(=C/C)C2(c3ccccc31)c1ccccc1-c1c(C3C=CC=C(c4ccc(-c5nc(-c6ccccc6)cc(-c6ccccc6)n5)cc4)C3)cccc12. The van der Waals surface area contributed by atoms with Crippen molar-refractivity contribution in [2.45, 2.75) is 31.6 Å². The molecule has 10 rings (SSSR count). The quantitative estimate of drug-likeness (QED) is 0.178. The lowest BCUT2D eigenvalue weighted by Gasteiger charge is -2.31. The minimum Gasteiger partial charge on any atom is -0.228 e. The summed E-state index contributed by atoms with van der Waals surface area (Å²) in [5, 5.41) is 0. The molecule has 3 aliphatic rings. The van der Waals surface area contributed by atoms with Crippen LogP contribution in [0.15, 0.2) is 194 Å². The number of aromatic nitrogens is 2. The molecule has 1 aromatic heterocycles. The van der Waals surface area contributed by atoms with Crippen molar-refractivity contribution in [1.82, 2.24) is 9.97 Å².